The fourth-order valence-corrected chi connectivity index (χ4v) is 2.86. The van der Waals surface area contributed by atoms with E-state index < -0.39 is 0 Å². The van der Waals surface area contributed by atoms with Gasteiger partial charge < -0.3 is 4.74 Å². The van der Waals surface area contributed by atoms with Crippen molar-refractivity contribution in [3.05, 3.63) is 59.2 Å². The zero-order valence-electron chi connectivity index (χ0n) is 13.6. The summed E-state index contributed by atoms with van der Waals surface area (Å²) in [5.74, 6) is 0.333. The van der Waals surface area contributed by atoms with E-state index in [1.54, 1.807) is 30.3 Å². The Morgan fingerprint density at radius 2 is 1.67 bits per heavy atom. The molecule has 1 aliphatic rings. The standard InChI is InChI=1S/C19H18BNO3/c1-13-10-14(20)12-15(11-13)24-9-5-4-8-21-18(22)16-6-2-3-7-17(16)19(21)23/h2-3,6-7,10-12H,4-5,8-9H2,1H3. The van der Waals surface area contributed by atoms with Gasteiger partial charge in [-0.3, -0.25) is 14.5 Å². The van der Waals surface area contributed by atoms with Gasteiger partial charge in [-0.2, -0.15) is 0 Å². The van der Waals surface area contributed by atoms with Gasteiger partial charge in [0.2, 0.25) is 0 Å². The molecule has 0 bridgehead atoms. The molecule has 24 heavy (non-hydrogen) atoms. The van der Waals surface area contributed by atoms with Gasteiger partial charge in [0.05, 0.1) is 17.7 Å². The van der Waals surface area contributed by atoms with E-state index in [0.29, 0.717) is 36.2 Å². The van der Waals surface area contributed by atoms with Crippen LogP contribution in [0.5, 0.6) is 5.75 Å². The molecule has 0 N–H and O–H groups in total. The third-order valence-electron chi connectivity index (χ3n) is 4.00. The summed E-state index contributed by atoms with van der Waals surface area (Å²) >= 11 is 0. The molecule has 4 nitrogen and oxygen atoms in total. The van der Waals surface area contributed by atoms with Crippen LogP contribution in [0.1, 0.15) is 39.1 Å². The largest absolute Gasteiger partial charge is 0.494 e. The average Bonchev–Trinajstić information content (AvgIpc) is 2.79. The number of nitrogens with zero attached hydrogens (tertiary/aromatic N) is 1. The predicted octanol–water partition coefficient (Wildman–Crippen LogP) is 2.24. The molecule has 2 amide bonds. The van der Waals surface area contributed by atoms with Gasteiger partial charge in [-0.1, -0.05) is 23.7 Å². The van der Waals surface area contributed by atoms with Crippen LogP contribution in [-0.4, -0.2) is 37.7 Å². The first kappa shape index (κ1) is 16.3. The number of unbranched alkanes of at least 4 members (excludes halogenated alkanes) is 1. The molecule has 0 fully saturated rings. The van der Waals surface area contributed by atoms with Crippen LogP contribution in [0.2, 0.25) is 0 Å². The summed E-state index contributed by atoms with van der Waals surface area (Å²) in [4.78, 5) is 25.8. The van der Waals surface area contributed by atoms with Crippen LogP contribution in [0.3, 0.4) is 0 Å². The third-order valence-corrected chi connectivity index (χ3v) is 4.00. The van der Waals surface area contributed by atoms with Crippen LogP contribution in [0.25, 0.3) is 0 Å². The van der Waals surface area contributed by atoms with Crippen molar-refractivity contribution < 1.29 is 14.3 Å². The lowest BCUT2D eigenvalue weighted by Gasteiger charge is -2.14. The number of hydrogen-bond acceptors (Lipinski definition) is 3. The SMILES string of the molecule is [B]c1cc(C)cc(OCCCCN2C(=O)c3ccccc3C2=O)c1. The maximum absolute atomic E-state index is 12.2. The molecule has 2 aromatic carbocycles. The minimum atomic E-state index is -0.206. The summed E-state index contributed by atoms with van der Waals surface area (Å²) < 4.78 is 5.68. The molecule has 0 unspecified atom stereocenters. The van der Waals surface area contributed by atoms with E-state index >= 15 is 0 Å². The van der Waals surface area contributed by atoms with Crippen LogP contribution in [0, 0.1) is 6.92 Å². The summed E-state index contributed by atoms with van der Waals surface area (Å²) in [6.45, 7) is 2.89. The second kappa shape index (κ2) is 6.91. The Morgan fingerprint density at radius 3 is 2.29 bits per heavy atom. The van der Waals surface area contributed by atoms with Gasteiger partial charge in [-0.25, -0.2) is 0 Å². The highest BCUT2D eigenvalue weighted by molar-refractivity contribution is 6.32. The quantitative estimate of drug-likeness (QED) is 0.466. The average molecular weight is 319 g/mol. The zero-order chi connectivity index (χ0) is 17.1. The van der Waals surface area contributed by atoms with E-state index in [2.05, 4.69) is 0 Å². The number of aryl methyl sites for hydroxylation is 1. The van der Waals surface area contributed by atoms with Gasteiger partial charge in [-0.05, 0) is 49.6 Å². The van der Waals surface area contributed by atoms with Crippen molar-refractivity contribution in [1.29, 1.82) is 0 Å². The van der Waals surface area contributed by atoms with E-state index in [1.807, 2.05) is 19.1 Å². The van der Waals surface area contributed by atoms with Crippen molar-refractivity contribution >= 4 is 25.1 Å². The molecule has 2 aromatic rings. The smallest absolute Gasteiger partial charge is 0.261 e. The number of fused-ring (bicyclic) bond motifs is 1. The second-order valence-electron chi connectivity index (χ2n) is 5.94. The first-order valence-corrected chi connectivity index (χ1v) is 8.01. The van der Waals surface area contributed by atoms with Gasteiger partial charge in [0.25, 0.3) is 11.8 Å². The molecule has 0 atom stereocenters. The first-order valence-electron chi connectivity index (χ1n) is 8.01. The number of carbonyl (C=O) groups is 2. The minimum Gasteiger partial charge on any atom is -0.494 e. The van der Waals surface area contributed by atoms with Crippen molar-refractivity contribution in [3.63, 3.8) is 0 Å². The Hall–Kier alpha value is -2.56. The van der Waals surface area contributed by atoms with Gasteiger partial charge in [0.1, 0.15) is 13.6 Å². The summed E-state index contributed by atoms with van der Waals surface area (Å²) in [5, 5.41) is 0. The molecule has 120 valence electrons. The van der Waals surface area contributed by atoms with Crippen LogP contribution in [-0.2, 0) is 0 Å². The molecule has 3 rings (SSSR count). The lowest BCUT2D eigenvalue weighted by molar-refractivity contribution is 0.0649. The van der Waals surface area contributed by atoms with Crippen molar-refractivity contribution in [2.45, 2.75) is 19.8 Å². The number of benzene rings is 2. The summed E-state index contributed by atoms with van der Waals surface area (Å²) in [6, 6.07) is 12.5. The van der Waals surface area contributed by atoms with Crippen LogP contribution >= 0.6 is 0 Å². The van der Waals surface area contributed by atoms with E-state index in [4.69, 9.17) is 12.6 Å². The van der Waals surface area contributed by atoms with Gasteiger partial charge in [0, 0.05) is 6.54 Å². The molecule has 0 saturated carbocycles. The zero-order valence-corrected chi connectivity index (χ0v) is 13.6. The summed E-state index contributed by atoms with van der Waals surface area (Å²) in [5.41, 5.74) is 2.72. The molecule has 0 aromatic heterocycles. The summed E-state index contributed by atoms with van der Waals surface area (Å²) in [6.07, 6.45) is 1.45. The number of amides is 2. The van der Waals surface area contributed by atoms with Crippen molar-refractivity contribution in [1.82, 2.24) is 4.90 Å². The molecular formula is C19H18BNO3. The van der Waals surface area contributed by atoms with Crippen LogP contribution < -0.4 is 10.2 Å². The van der Waals surface area contributed by atoms with Crippen molar-refractivity contribution in [3.8, 4) is 5.75 Å². The third kappa shape index (κ3) is 3.35. The normalized spacial score (nSPS) is 13.3. The lowest BCUT2D eigenvalue weighted by Crippen LogP contribution is -2.30. The Labute approximate surface area is 142 Å². The molecule has 1 aliphatic heterocycles. The maximum Gasteiger partial charge on any atom is 0.261 e. The Bertz CT molecular complexity index is 733. The highest BCUT2D eigenvalue weighted by atomic mass is 16.5. The molecule has 0 aliphatic carbocycles. The predicted molar refractivity (Wildman–Crippen MR) is 93.1 cm³/mol. The van der Waals surface area contributed by atoms with Gasteiger partial charge in [-0.15, -0.1) is 0 Å². The topological polar surface area (TPSA) is 46.6 Å². The van der Waals surface area contributed by atoms with E-state index in [1.165, 1.54) is 4.90 Å². The molecule has 5 heteroatoms. The molecular weight excluding hydrogens is 301 g/mol. The molecule has 2 radical (unpaired) electrons. The van der Waals surface area contributed by atoms with Crippen molar-refractivity contribution in [2.24, 2.45) is 0 Å². The fraction of sp³-hybridized carbons (Fsp3) is 0.263. The summed E-state index contributed by atoms with van der Waals surface area (Å²) in [7, 11) is 5.78. The van der Waals surface area contributed by atoms with Crippen molar-refractivity contribution in [2.75, 3.05) is 13.2 Å². The minimum absolute atomic E-state index is 0.206. The number of rotatable bonds is 6. The molecule has 1 heterocycles. The highest BCUT2D eigenvalue weighted by Crippen LogP contribution is 2.22. The lowest BCUT2D eigenvalue weighted by atomic mass is 9.94. The highest BCUT2D eigenvalue weighted by Gasteiger charge is 2.34. The van der Waals surface area contributed by atoms with E-state index in [9.17, 15) is 9.59 Å². The Balaban J connectivity index is 1.48. The second-order valence-corrected chi connectivity index (χ2v) is 5.94. The van der Waals surface area contributed by atoms with E-state index in [-0.39, 0.29) is 11.8 Å². The van der Waals surface area contributed by atoms with Gasteiger partial charge in [0.15, 0.2) is 0 Å². The first-order chi connectivity index (χ1) is 11.6. The van der Waals surface area contributed by atoms with Gasteiger partial charge >= 0.3 is 0 Å². The monoisotopic (exact) mass is 319 g/mol. The number of imide groups is 1. The fourth-order valence-electron chi connectivity index (χ4n) is 2.86. The van der Waals surface area contributed by atoms with Crippen LogP contribution in [0.4, 0.5) is 0 Å². The molecule has 0 saturated heterocycles. The Kier molecular flexibility index (Phi) is 4.70. The molecule has 0 spiro atoms. The number of ether oxygens (including phenoxy) is 1. The van der Waals surface area contributed by atoms with Crippen LogP contribution in [0.15, 0.2) is 42.5 Å². The number of hydrogen-bond donors (Lipinski definition) is 0. The Morgan fingerprint density at radius 1 is 1.00 bits per heavy atom. The maximum atomic E-state index is 12.2. The number of carbonyl (C=O) groups excluding carboxylic acids is 2. The van der Waals surface area contributed by atoms with E-state index in [0.717, 1.165) is 17.7 Å².